The fourth-order valence-electron chi connectivity index (χ4n) is 0.893. The maximum atomic E-state index is 12.2. The van der Waals surface area contributed by atoms with Crippen LogP contribution in [0.1, 0.15) is 15.9 Å². The van der Waals surface area contributed by atoms with Crippen LogP contribution in [0.2, 0.25) is 5.15 Å². The third kappa shape index (κ3) is 2.66. The predicted molar refractivity (Wildman–Crippen MR) is 44.6 cm³/mol. The van der Waals surface area contributed by atoms with Crippen molar-refractivity contribution in [3.63, 3.8) is 0 Å². The third-order valence-corrected chi connectivity index (χ3v) is 1.93. The van der Waals surface area contributed by atoms with Gasteiger partial charge in [-0.05, 0) is 6.07 Å². The normalized spacial score (nSPS) is 11.9. The molecule has 8 heteroatoms. The fourth-order valence-corrected chi connectivity index (χ4v) is 1.09. The minimum atomic E-state index is -4.77. The van der Waals surface area contributed by atoms with E-state index in [9.17, 15) is 26.7 Å². The van der Waals surface area contributed by atoms with Gasteiger partial charge < -0.3 is 0 Å². The molecule has 88 valence electrons. The van der Waals surface area contributed by atoms with E-state index in [-0.39, 0.29) is 6.07 Å². The Morgan fingerprint density at radius 2 is 1.94 bits per heavy atom. The van der Waals surface area contributed by atoms with Crippen molar-refractivity contribution in [2.75, 3.05) is 0 Å². The van der Waals surface area contributed by atoms with E-state index in [4.69, 9.17) is 11.6 Å². The molecule has 0 spiro atoms. The first-order valence-corrected chi connectivity index (χ1v) is 4.16. The fraction of sp³-hybridized carbons (Fsp3) is 0.250. The lowest BCUT2D eigenvalue weighted by Gasteiger charge is -2.08. The second-order valence-corrected chi connectivity index (χ2v) is 3.08. The molecular weight excluding hydrogens is 257 g/mol. The number of Topliss-reactive ketones (excluding diaryl/α,β-unsaturated/α-hetero) is 1. The summed E-state index contributed by atoms with van der Waals surface area (Å²) in [6.45, 7) is 0. The van der Waals surface area contributed by atoms with Crippen molar-refractivity contribution in [3.05, 3.63) is 28.5 Å². The zero-order valence-corrected chi connectivity index (χ0v) is 8.11. The molecule has 0 atom stereocenters. The average Bonchev–Trinajstić information content (AvgIpc) is 2.15. The Morgan fingerprint density at radius 1 is 1.38 bits per heavy atom. The van der Waals surface area contributed by atoms with Crippen LogP contribution >= 0.6 is 11.6 Å². The summed E-state index contributed by atoms with van der Waals surface area (Å²) in [6, 6.07) is 0.254. The second-order valence-electron chi connectivity index (χ2n) is 2.73. The molecule has 0 aliphatic rings. The molecule has 2 nitrogen and oxygen atoms in total. The molecule has 1 aromatic rings. The highest BCUT2D eigenvalue weighted by atomic mass is 35.5. The van der Waals surface area contributed by atoms with E-state index in [0.29, 0.717) is 6.20 Å². The van der Waals surface area contributed by atoms with Gasteiger partial charge in [-0.25, -0.2) is 13.8 Å². The minimum Gasteiger partial charge on any atom is -0.288 e. The standard InChI is InChI=1S/C8H3ClF5NO/c9-6-4(5(16)7(10)11)1-3(2-15-6)8(12,13)14/h1-2,7H. The molecule has 0 radical (unpaired) electrons. The average molecular weight is 260 g/mol. The number of pyridine rings is 1. The van der Waals surface area contributed by atoms with Crippen molar-refractivity contribution in [1.29, 1.82) is 0 Å². The lowest BCUT2D eigenvalue weighted by molar-refractivity contribution is -0.137. The monoisotopic (exact) mass is 259 g/mol. The van der Waals surface area contributed by atoms with Crippen molar-refractivity contribution in [1.82, 2.24) is 4.98 Å². The molecule has 1 aromatic heterocycles. The lowest BCUT2D eigenvalue weighted by Crippen LogP contribution is -2.14. The molecule has 0 aromatic carbocycles. The van der Waals surface area contributed by atoms with Gasteiger partial charge in [0.15, 0.2) is 0 Å². The van der Waals surface area contributed by atoms with Crippen molar-refractivity contribution in [2.45, 2.75) is 12.6 Å². The van der Waals surface area contributed by atoms with Crippen LogP contribution in [0.4, 0.5) is 22.0 Å². The number of alkyl halides is 5. The van der Waals surface area contributed by atoms with E-state index in [2.05, 4.69) is 4.98 Å². The van der Waals surface area contributed by atoms with E-state index < -0.39 is 34.7 Å². The number of hydrogen-bond donors (Lipinski definition) is 0. The first-order valence-electron chi connectivity index (χ1n) is 3.78. The number of halogens is 6. The molecule has 0 unspecified atom stereocenters. The summed E-state index contributed by atoms with van der Waals surface area (Å²) >= 11 is 5.25. The summed E-state index contributed by atoms with van der Waals surface area (Å²) in [7, 11) is 0. The summed E-state index contributed by atoms with van der Waals surface area (Å²) < 4.78 is 60.6. The number of rotatable bonds is 2. The SMILES string of the molecule is O=C(c1cc(C(F)(F)F)cnc1Cl)C(F)F. The van der Waals surface area contributed by atoms with Crippen molar-refractivity contribution < 1.29 is 26.7 Å². The van der Waals surface area contributed by atoms with E-state index in [0.717, 1.165) is 0 Å². The molecule has 0 amide bonds. The summed E-state index contributed by atoms with van der Waals surface area (Å²) in [5.74, 6) is -1.79. The van der Waals surface area contributed by atoms with Gasteiger partial charge in [-0.1, -0.05) is 11.6 Å². The van der Waals surface area contributed by atoms with Gasteiger partial charge in [0.1, 0.15) is 5.15 Å². The predicted octanol–water partition coefficient (Wildman–Crippen LogP) is 3.20. The van der Waals surface area contributed by atoms with Gasteiger partial charge in [0.2, 0.25) is 5.78 Å². The number of hydrogen-bond acceptors (Lipinski definition) is 2. The third-order valence-electron chi connectivity index (χ3n) is 1.63. The first-order chi connectivity index (χ1) is 7.23. The number of carbonyl (C=O) groups is 1. The summed E-state index contributed by atoms with van der Waals surface area (Å²) in [6.07, 6.45) is -7.83. The molecule has 0 saturated carbocycles. The van der Waals surface area contributed by atoms with Gasteiger partial charge in [0, 0.05) is 6.20 Å². The summed E-state index contributed by atoms with van der Waals surface area (Å²) in [4.78, 5) is 13.8. The van der Waals surface area contributed by atoms with E-state index in [1.165, 1.54) is 0 Å². The Balaban J connectivity index is 3.25. The Bertz CT molecular complexity index is 417. The van der Waals surface area contributed by atoms with E-state index in [1.807, 2.05) is 0 Å². The van der Waals surface area contributed by atoms with Crippen molar-refractivity contribution in [3.8, 4) is 0 Å². The topological polar surface area (TPSA) is 30.0 Å². The van der Waals surface area contributed by atoms with Crippen LogP contribution in [0.3, 0.4) is 0 Å². The quantitative estimate of drug-likeness (QED) is 0.464. The van der Waals surface area contributed by atoms with Crippen LogP contribution in [-0.4, -0.2) is 17.2 Å². The molecule has 0 N–H and O–H groups in total. The summed E-state index contributed by atoms with van der Waals surface area (Å²) in [5.41, 5.74) is -2.24. The largest absolute Gasteiger partial charge is 0.417 e. The zero-order valence-electron chi connectivity index (χ0n) is 7.36. The molecule has 1 rings (SSSR count). The Morgan fingerprint density at radius 3 is 2.38 bits per heavy atom. The molecule has 0 aliphatic carbocycles. The van der Waals surface area contributed by atoms with Crippen LogP contribution in [0.5, 0.6) is 0 Å². The molecule has 16 heavy (non-hydrogen) atoms. The van der Waals surface area contributed by atoms with Gasteiger partial charge in [-0.3, -0.25) is 4.79 Å². The summed E-state index contributed by atoms with van der Waals surface area (Å²) in [5, 5.41) is -0.682. The van der Waals surface area contributed by atoms with Crippen LogP contribution in [0.25, 0.3) is 0 Å². The van der Waals surface area contributed by atoms with Crippen LogP contribution in [-0.2, 0) is 6.18 Å². The minimum absolute atomic E-state index is 0.254. The smallest absolute Gasteiger partial charge is 0.288 e. The molecule has 0 aliphatic heterocycles. The maximum Gasteiger partial charge on any atom is 0.417 e. The van der Waals surface area contributed by atoms with Gasteiger partial charge in [0.25, 0.3) is 0 Å². The van der Waals surface area contributed by atoms with Crippen LogP contribution in [0, 0.1) is 0 Å². The maximum absolute atomic E-state index is 12.2. The Labute approximate surface area is 91.0 Å². The number of nitrogens with zero attached hydrogens (tertiary/aromatic N) is 1. The van der Waals surface area contributed by atoms with E-state index >= 15 is 0 Å². The number of ketones is 1. The molecule has 0 saturated heterocycles. The van der Waals surface area contributed by atoms with Gasteiger partial charge in [-0.15, -0.1) is 0 Å². The highest BCUT2D eigenvalue weighted by Gasteiger charge is 2.33. The second kappa shape index (κ2) is 4.32. The van der Waals surface area contributed by atoms with Gasteiger partial charge >= 0.3 is 12.6 Å². The zero-order chi connectivity index (χ0) is 12.5. The van der Waals surface area contributed by atoms with Gasteiger partial charge in [0.05, 0.1) is 11.1 Å². The number of aromatic nitrogens is 1. The highest BCUT2D eigenvalue weighted by Crippen LogP contribution is 2.31. The van der Waals surface area contributed by atoms with Crippen LogP contribution in [0.15, 0.2) is 12.3 Å². The Kier molecular flexibility index (Phi) is 3.47. The Hall–Kier alpha value is -1.24. The van der Waals surface area contributed by atoms with E-state index in [1.54, 1.807) is 0 Å². The lowest BCUT2D eigenvalue weighted by atomic mass is 10.1. The highest BCUT2D eigenvalue weighted by molar-refractivity contribution is 6.32. The molecule has 1 heterocycles. The van der Waals surface area contributed by atoms with Crippen molar-refractivity contribution >= 4 is 17.4 Å². The molecule has 0 fully saturated rings. The van der Waals surface area contributed by atoms with Gasteiger partial charge in [-0.2, -0.15) is 13.2 Å². The van der Waals surface area contributed by atoms with Crippen LogP contribution < -0.4 is 0 Å². The first kappa shape index (κ1) is 12.8. The van der Waals surface area contributed by atoms with Crippen molar-refractivity contribution in [2.24, 2.45) is 0 Å². The molecule has 0 bridgehead atoms. The molecular formula is C8H3ClF5NO. The number of carbonyl (C=O) groups excluding carboxylic acids is 1.